The highest BCUT2D eigenvalue weighted by atomic mass is 79.9. The van der Waals surface area contributed by atoms with E-state index >= 15 is 0 Å². The third kappa shape index (κ3) is 5.43. The SMILES string of the molecule is COCCNCc1ccc(N(C)Cc2cc(Br)cs2)cc1. The van der Waals surface area contributed by atoms with Crippen LogP contribution in [-0.2, 0) is 17.8 Å². The van der Waals surface area contributed by atoms with Gasteiger partial charge in [-0.3, -0.25) is 0 Å². The van der Waals surface area contributed by atoms with Gasteiger partial charge in [0.2, 0.25) is 0 Å². The Hall–Kier alpha value is -0.880. The van der Waals surface area contributed by atoms with Gasteiger partial charge in [-0.2, -0.15) is 0 Å². The van der Waals surface area contributed by atoms with Gasteiger partial charge in [0.25, 0.3) is 0 Å². The van der Waals surface area contributed by atoms with Crippen molar-refractivity contribution in [1.82, 2.24) is 5.32 Å². The number of nitrogens with one attached hydrogen (secondary N) is 1. The molecule has 1 heterocycles. The number of hydrogen-bond acceptors (Lipinski definition) is 4. The number of nitrogens with zero attached hydrogens (tertiary/aromatic N) is 1. The summed E-state index contributed by atoms with van der Waals surface area (Å²) in [5.41, 5.74) is 2.53. The summed E-state index contributed by atoms with van der Waals surface area (Å²) >= 11 is 5.28. The van der Waals surface area contributed by atoms with Crippen LogP contribution in [0.2, 0.25) is 0 Å². The van der Waals surface area contributed by atoms with Crippen LogP contribution in [0.15, 0.2) is 40.2 Å². The third-order valence-electron chi connectivity index (χ3n) is 3.20. The predicted molar refractivity (Wildman–Crippen MR) is 94.2 cm³/mol. The summed E-state index contributed by atoms with van der Waals surface area (Å²) in [6, 6.07) is 10.9. The molecule has 0 aliphatic heterocycles. The van der Waals surface area contributed by atoms with Gasteiger partial charge in [-0.15, -0.1) is 11.3 Å². The normalized spacial score (nSPS) is 10.8. The fourth-order valence-electron chi connectivity index (χ4n) is 2.04. The minimum absolute atomic E-state index is 0.747. The summed E-state index contributed by atoms with van der Waals surface area (Å²) in [5.74, 6) is 0. The van der Waals surface area contributed by atoms with E-state index in [1.165, 1.54) is 16.1 Å². The molecule has 2 aromatic rings. The van der Waals surface area contributed by atoms with E-state index < -0.39 is 0 Å². The lowest BCUT2D eigenvalue weighted by Gasteiger charge is -2.18. The number of methoxy groups -OCH3 is 1. The van der Waals surface area contributed by atoms with Crippen LogP contribution >= 0.6 is 27.3 Å². The quantitative estimate of drug-likeness (QED) is 0.715. The van der Waals surface area contributed by atoms with Crippen LogP contribution in [-0.4, -0.2) is 27.3 Å². The first-order valence-corrected chi connectivity index (χ1v) is 8.59. The minimum atomic E-state index is 0.747. The van der Waals surface area contributed by atoms with Crippen molar-refractivity contribution in [1.29, 1.82) is 0 Å². The number of thiophene rings is 1. The molecule has 5 heteroatoms. The molecule has 0 saturated heterocycles. The van der Waals surface area contributed by atoms with Crippen molar-refractivity contribution < 1.29 is 4.74 Å². The lowest BCUT2D eigenvalue weighted by atomic mass is 10.2. The van der Waals surface area contributed by atoms with Crippen LogP contribution in [0.5, 0.6) is 0 Å². The summed E-state index contributed by atoms with van der Waals surface area (Å²) in [4.78, 5) is 3.62. The van der Waals surface area contributed by atoms with E-state index in [4.69, 9.17) is 4.74 Å². The van der Waals surface area contributed by atoms with Crippen LogP contribution in [0.1, 0.15) is 10.4 Å². The van der Waals surface area contributed by atoms with E-state index in [9.17, 15) is 0 Å². The number of anilines is 1. The summed E-state index contributed by atoms with van der Waals surface area (Å²) in [7, 11) is 3.85. The molecule has 0 atom stereocenters. The Morgan fingerprint density at radius 2 is 2.05 bits per heavy atom. The maximum Gasteiger partial charge on any atom is 0.0587 e. The van der Waals surface area contributed by atoms with Gasteiger partial charge in [0.15, 0.2) is 0 Å². The molecule has 1 aromatic carbocycles. The highest BCUT2D eigenvalue weighted by molar-refractivity contribution is 9.10. The molecule has 21 heavy (non-hydrogen) atoms. The molecular weight excluding hydrogens is 348 g/mol. The third-order valence-corrected chi connectivity index (χ3v) is 4.89. The molecule has 0 radical (unpaired) electrons. The topological polar surface area (TPSA) is 24.5 Å². The zero-order valence-electron chi connectivity index (χ0n) is 12.4. The molecule has 0 amide bonds. The van der Waals surface area contributed by atoms with Crippen molar-refractivity contribution in [3.63, 3.8) is 0 Å². The fourth-order valence-corrected chi connectivity index (χ4v) is 3.54. The second-order valence-corrected chi connectivity index (χ2v) is 6.83. The standard InChI is InChI=1S/C16H21BrN2OS/c1-19(11-16-9-14(17)12-21-16)15-5-3-13(4-6-15)10-18-7-8-20-2/h3-6,9,12,18H,7-8,10-11H2,1-2H3. The Morgan fingerprint density at radius 1 is 1.29 bits per heavy atom. The molecular formula is C16H21BrN2OS. The molecule has 0 unspecified atom stereocenters. The van der Waals surface area contributed by atoms with E-state index in [1.54, 1.807) is 18.4 Å². The van der Waals surface area contributed by atoms with Gasteiger partial charge in [0.05, 0.1) is 13.2 Å². The van der Waals surface area contributed by atoms with E-state index in [2.05, 4.69) is 68.9 Å². The molecule has 0 fully saturated rings. The van der Waals surface area contributed by atoms with Gasteiger partial charge in [0, 0.05) is 47.7 Å². The first-order valence-electron chi connectivity index (χ1n) is 6.91. The average molecular weight is 369 g/mol. The van der Waals surface area contributed by atoms with Crippen molar-refractivity contribution in [2.75, 3.05) is 32.2 Å². The number of hydrogen-bond donors (Lipinski definition) is 1. The van der Waals surface area contributed by atoms with Crippen molar-refractivity contribution in [2.24, 2.45) is 0 Å². The van der Waals surface area contributed by atoms with Crippen LogP contribution in [0.25, 0.3) is 0 Å². The van der Waals surface area contributed by atoms with E-state index in [1.807, 2.05) is 0 Å². The van der Waals surface area contributed by atoms with E-state index in [-0.39, 0.29) is 0 Å². The first-order chi connectivity index (χ1) is 10.2. The molecule has 0 saturated carbocycles. The largest absolute Gasteiger partial charge is 0.383 e. The maximum atomic E-state index is 5.02. The van der Waals surface area contributed by atoms with Gasteiger partial charge in [0.1, 0.15) is 0 Å². The number of ether oxygens (including phenoxy) is 1. The molecule has 1 aromatic heterocycles. The van der Waals surface area contributed by atoms with Gasteiger partial charge >= 0.3 is 0 Å². The van der Waals surface area contributed by atoms with Crippen LogP contribution in [0, 0.1) is 0 Å². The number of benzene rings is 1. The Bertz CT molecular complexity index is 541. The molecule has 1 N–H and O–H groups in total. The Kier molecular flexibility index (Phi) is 6.70. The molecule has 3 nitrogen and oxygen atoms in total. The Balaban J connectivity index is 1.86. The average Bonchev–Trinajstić information content (AvgIpc) is 2.89. The lowest BCUT2D eigenvalue weighted by molar-refractivity contribution is 0.199. The monoisotopic (exact) mass is 368 g/mol. The molecule has 0 bridgehead atoms. The number of rotatable bonds is 8. The first kappa shape index (κ1) is 16.5. The maximum absolute atomic E-state index is 5.02. The smallest absolute Gasteiger partial charge is 0.0587 e. The molecule has 0 aliphatic carbocycles. The summed E-state index contributed by atoms with van der Waals surface area (Å²) in [6.07, 6.45) is 0. The molecule has 114 valence electrons. The summed E-state index contributed by atoms with van der Waals surface area (Å²) in [5, 5.41) is 5.47. The van der Waals surface area contributed by atoms with Gasteiger partial charge in [-0.25, -0.2) is 0 Å². The van der Waals surface area contributed by atoms with Gasteiger partial charge < -0.3 is 15.0 Å². The Morgan fingerprint density at radius 3 is 2.67 bits per heavy atom. The van der Waals surface area contributed by atoms with Gasteiger partial charge in [-0.1, -0.05) is 12.1 Å². The highest BCUT2D eigenvalue weighted by Gasteiger charge is 2.04. The lowest BCUT2D eigenvalue weighted by Crippen LogP contribution is -2.19. The van der Waals surface area contributed by atoms with E-state index in [0.29, 0.717) is 0 Å². The van der Waals surface area contributed by atoms with E-state index in [0.717, 1.165) is 30.7 Å². The zero-order chi connectivity index (χ0) is 15.1. The van der Waals surface area contributed by atoms with Crippen molar-refractivity contribution in [3.8, 4) is 0 Å². The molecule has 0 spiro atoms. The van der Waals surface area contributed by atoms with Crippen LogP contribution < -0.4 is 10.2 Å². The molecule has 2 rings (SSSR count). The summed E-state index contributed by atoms with van der Waals surface area (Å²) in [6.45, 7) is 3.44. The minimum Gasteiger partial charge on any atom is -0.383 e. The zero-order valence-corrected chi connectivity index (χ0v) is 14.8. The van der Waals surface area contributed by atoms with Gasteiger partial charge in [-0.05, 0) is 39.7 Å². The van der Waals surface area contributed by atoms with Crippen molar-refractivity contribution in [2.45, 2.75) is 13.1 Å². The van der Waals surface area contributed by atoms with Crippen molar-refractivity contribution in [3.05, 3.63) is 50.6 Å². The Labute approximate surface area is 139 Å². The summed E-state index contributed by atoms with van der Waals surface area (Å²) < 4.78 is 6.18. The fraction of sp³-hybridized carbons (Fsp3) is 0.375. The molecule has 0 aliphatic rings. The number of halogens is 1. The second kappa shape index (κ2) is 8.54. The van der Waals surface area contributed by atoms with Crippen LogP contribution in [0.4, 0.5) is 5.69 Å². The van der Waals surface area contributed by atoms with Crippen LogP contribution in [0.3, 0.4) is 0 Å². The predicted octanol–water partition coefficient (Wildman–Crippen LogP) is 3.88. The highest BCUT2D eigenvalue weighted by Crippen LogP contribution is 2.23. The van der Waals surface area contributed by atoms with Crippen molar-refractivity contribution >= 4 is 33.0 Å². The second-order valence-electron chi connectivity index (χ2n) is 4.92.